The van der Waals surface area contributed by atoms with Crippen LogP contribution in [0.2, 0.25) is 0 Å². The molecule has 0 fully saturated rings. The average Bonchev–Trinajstić information content (AvgIpc) is 3.13. The topological polar surface area (TPSA) is 50.8 Å². The molecule has 0 saturated heterocycles. The molecule has 1 N–H and O–H groups in total. The number of benzene rings is 1. The van der Waals surface area contributed by atoms with Crippen molar-refractivity contribution in [3.8, 4) is 11.5 Å². The van der Waals surface area contributed by atoms with E-state index in [0.717, 1.165) is 39.6 Å². The molecule has 0 aliphatic heterocycles. The van der Waals surface area contributed by atoms with E-state index in [9.17, 15) is 0 Å². The summed E-state index contributed by atoms with van der Waals surface area (Å²) < 4.78 is 5.98. The van der Waals surface area contributed by atoms with E-state index in [2.05, 4.69) is 23.8 Å². The van der Waals surface area contributed by atoms with Crippen molar-refractivity contribution in [2.75, 3.05) is 12.5 Å². The van der Waals surface area contributed by atoms with Crippen LogP contribution >= 0.6 is 11.6 Å². The van der Waals surface area contributed by atoms with Crippen LogP contribution in [-0.4, -0.2) is 27.4 Å². The fourth-order valence-corrected chi connectivity index (χ4v) is 3.14. The van der Waals surface area contributed by atoms with Crippen LogP contribution in [0.4, 0.5) is 0 Å². The first kappa shape index (κ1) is 20.2. The molecule has 0 bridgehead atoms. The number of para-hydroxylation sites is 2. The van der Waals surface area contributed by atoms with Crippen molar-refractivity contribution in [3.05, 3.63) is 71.6 Å². The summed E-state index contributed by atoms with van der Waals surface area (Å²) in [6.07, 6.45) is 4.63. The van der Waals surface area contributed by atoms with E-state index in [1.807, 2.05) is 61.5 Å². The first-order valence-electron chi connectivity index (χ1n) is 9.56. The Morgan fingerprint density at radius 1 is 1.14 bits per heavy atom. The number of alkyl halides is 1. The van der Waals surface area contributed by atoms with Gasteiger partial charge in [-0.2, -0.15) is 0 Å². The van der Waals surface area contributed by atoms with E-state index in [1.165, 1.54) is 0 Å². The van der Waals surface area contributed by atoms with Gasteiger partial charge in [-0.05, 0) is 48.8 Å². The Bertz CT molecular complexity index is 955. The molecule has 28 heavy (non-hydrogen) atoms. The lowest BCUT2D eigenvalue weighted by Crippen LogP contribution is -2.06. The summed E-state index contributed by atoms with van der Waals surface area (Å²) >= 11 is 6.00. The SMILES string of the molecule is C/C=C(OCC(C)C)\C(=C/CCl)Cc1cccc(-c2nc3ccccc3[nH]2)n1. The second kappa shape index (κ2) is 9.56. The van der Waals surface area contributed by atoms with E-state index < -0.39 is 0 Å². The third kappa shape index (κ3) is 5.02. The summed E-state index contributed by atoms with van der Waals surface area (Å²) in [7, 11) is 0. The lowest BCUT2D eigenvalue weighted by atomic mass is 10.1. The molecule has 4 nitrogen and oxygen atoms in total. The van der Waals surface area contributed by atoms with Crippen molar-refractivity contribution < 1.29 is 4.74 Å². The van der Waals surface area contributed by atoms with Gasteiger partial charge in [0.05, 0.1) is 17.6 Å². The van der Waals surface area contributed by atoms with Gasteiger partial charge < -0.3 is 9.72 Å². The number of hydrogen-bond acceptors (Lipinski definition) is 3. The summed E-state index contributed by atoms with van der Waals surface area (Å²) in [5.41, 5.74) is 4.76. The molecular formula is C23H26ClN3O. The summed E-state index contributed by atoms with van der Waals surface area (Å²) in [4.78, 5) is 12.8. The van der Waals surface area contributed by atoms with Gasteiger partial charge in [0, 0.05) is 18.0 Å². The van der Waals surface area contributed by atoms with Crippen LogP contribution in [0.1, 0.15) is 26.5 Å². The zero-order valence-corrected chi connectivity index (χ0v) is 17.3. The van der Waals surface area contributed by atoms with Gasteiger partial charge in [-0.15, -0.1) is 11.6 Å². The number of fused-ring (bicyclic) bond motifs is 1. The van der Waals surface area contributed by atoms with Crippen molar-refractivity contribution >= 4 is 22.6 Å². The van der Waals surface area contributed by atoms with Crippen molar-refractivity contribution in [3.63, 3.8) is 0 Å². The second-order valence-electron chi connectivity index (χ2n) is 7.03. The lowest BCUT2D eigenvalue weighted by molar-refractivity contribution is 0.185. The number of halogens is 1. The van der Waals surface area contributed by atoms with Gasteiger partial charge in [0.25, 0.3) is 0 Å². The van der Waals surface area contributed by atoms with Crippen molar-refractivity contribution in [1.29, 1.82) is 0 Å². The van der Waals surface area contributed by atoms with Crippen LogP contribution in [0.5, 0.6) is 0 Å². The molecule has 0 spiro atoms. The maximum atomic E-state index is 6.00. The van der Waals surface area contributed by atoms with E-state index in [0.29, 0.717) is 24.8 Å². The number of hydrogen-bond donors (Lipinski definition) is 1. The molecule has 0 aliphatic rings. The number of aromatic amines is 1. The predicted molar refractivity (Wildman–Crippen MR) is 116 cm³/mol. The highest BCUT2D eigenvalue weighted by molar-refractivity contribution is 6.19. The molecule has 2 heterocycles. The second-order valence-corrected chi connectivity index (χ2v) is 7.34. The molecule has 0 unspecified atom stereocenters. The Hall–Kier alpha value is -2.59. The first-order valence-corrected chi connectivity index (χ1v) is 10.1. The molecule has 0 aliphatic carbocycles. The molecule has 0 amide bonds. The Kier molecular flexibility index (Phi) is 6.88. The summed E-state index contributed by atoms with van der Waals surface area (Å²) in [6, 6.07) is 14.0. The fraction of sp³-hybridized carbons (Fsp3) is 0.304. The van der Waals surface area contributed by atoms with Crippen LogP contribution in [-0.2, 0) is 11.2 Å². The molecule has 3 aromatic rings. The Morgan fingerprint density at radius 3 is 2.68 bits per heavy atom. The third-order valence-corrected chi connectivity index (χ3v) is 4.44. The van der Waals surface area contributed by atoms with Crippen molar-refractivity contribution in [2.45, 2.75) is 27.2 Å². The molecule has 5 heteroatoms. The lowest BCUT2D eigenvalue weighted by Gasteiger charge is -2.15. The maximum absolute atomic E-state index is 6.00. The average molecular weight is 396 g/mol. The molecular weight excluding hydrogens is 370 g/mol. The monoisotopic (exact) mass is 395 g/mol. The predicted octanol–water partition coefficient (Wildman–Crippen LogP) is 5.91. The molecule has 0 atom stereocenters. The van der Waals surface area contributed by atoms with Crippen LogP contribution < -0.4 is 0 Å². The van der Waals surface area contributed by atoms with Crippen molar-refractivity contribution in [2.24, 2.45) is 5.92 Å². The zero-order valence-electron chi connectivity index (χ0n) is 16.6. The molecule has 0 radical (unpaired) electrons. The third-order valence-electron chi connectivity index (χ3n) is 4.28. The largest absolute Gasteiger partial charge is 0.493 e. The normalized spacial score (nSPS) is 12.8. The van der Waals surface area contributed by atoms with E-state index in [1.54, 1.807) is 0 Å². The number of pyridine rings is 1. The molecule has 2 aromatic heterocycles. The van der Waals surface area contributed by atoms with E-state index in [-0.39, 0.29) is 0 Å². The summed E-state index contributed by atoms with van der Waals surface area (Å²) in [6.45, 7) is 6.93. The van der Waals surface area contributed by atoms with Gasteiger partial charge in [0.2, 0.25) is 0 Å². The highest BCUT2D eigenvalue weighted by atomic mass is 35.5. The van der Waals surface area contributed by atoms with Gasteiger partial charge in [-0.25, -0.2) is 9.97 Å². The number of imidazole rings is 1. The number of aromatic nitrogens is 3. The highest BCUT2D eigenvalue weighted by Gasteiger charge is 2.11. The Balaban J connectivity index is 1.84. The molecule has 146 valence electrons. The minimum Gasteiger partial charge on any atom is -0.493 e. The van der Waals surface area contributed by atoms with Crippen LogP contribution in [0.15, 0.2) is 65.9 Å². The van der Waals surface area contributed by atoms with Gasteiger partial charge in [-0.1, -0.05) is 38.1 Å². The van der Waals surface area contributed by atoms with Gasteiger partial charge in [0.1, 0.15) is 11.5 Å². The van der Waals surface area contributed by atoms with Crippen LogP contribution in [0.25, 0.3) is 22.6 Å². The number of H-pyrrole nitrogens is 1. The zero-order chi connectivity index (χ0) is 19.9. The van der Waals surface area contributed by atoms with Gasteiger partial charge in [-0.3, -0.25) is 0 Å². The van der Waals surface area contributed by atoms with Crippen LogP contribution in [0, 0.1) is 5.92 Å². The minimum atomic E-state index is 0.432. The smallest absolute Gasteiger partial charge is 0.157 e. The van der Waals surface area contributed by atoms with Gasteiger partial charge in [0.15, 0.2) is 5.82 Å². The minimum absolute atomic E-state index is 0.432. The quantitative estimate of drug-likeness (QED) is 0.293. The number of ether oxygens (including phenoxy) is 1. The van der Waals surface area contributed by atoms with Crippen LogP contribution in [0.3, 0.4) is 0 Å². The molecule has 1 aromatic carbocycles. The molecule has 0 saturated carbocycles. The standard InChI is InChI=1S/C23H26ClN3O/c1-4-22(28-15-16(2)3)17(12-13-24)14-18-8-7-11-21(25-18)23-26-19-9-5-6-10-20(19)27-23/h4-12,16H,13-15H2,1-3H3,(H,26,27)/b17-12-,22-4+. The fourth-order valence-electron chi connectivity index (χ4n) is 2.95. The Labute approximate surface area is 171 Å². The van der Waals surface area contributed by atoms with E-state index >= 15 is 0 Å². The highest BCUT2D eigenvalue weighted by Crippen LogP contribution is 2.22. The van der Waals surface area contributed by atoms with Crippen molar-refractivity contribution in [1.82, 2.24) is 15.0 Å². The van der Waals surface area contributed by atoms with Gasteiger partial charge >= 0.3 is 0 Å². The first-order chi connectivity index (χ1) is 13.6. The number of rotatable bonds is 8. The summed E-state index contributed by atoms with van der Waals surface area (Å²) in [5.74, 6) is 2.53. The summed E-state index contributed by atoms with van der Waals surface area (Å²) in [5, 5.41) is 0. The maximum Gasteiger partial charge on any atom is 0.157 e. The number of nitrogens with zero attached hydrogens (tertiary/aromatic N) is 2. The Morgan fingerprint density at radius 2 is 1.96 bits per heavy atom. The number of allylic oxidation sites excluding steroid dienone is 3. The number of nitrogens with one attached hydrogen (secondary N) is 1. The molecule has 3 rings (SSSR count). The van der Waals surface area contributed by atoms with E-state index in [4.69, 9.17) is 21.3 Å².